The van der Waals surface area contributed by atoms with Gasteiger partial charge in [0.25, 0.3) is 0 Å². The smallest absolute Gasteiger partial charge is 0.221 e. The Labute approximate surface area is 592 Å². The number of unbranched alkanes of at least 4 members (excludes halogenated alkanes) is 49. The highest BCUT2D eigenvalue weighted by Crippen LogP contribution is 2.18. The fourth-order valence-electron chi connectivity index (χ4n) is 13.5. The van der Waals surface area contributed by atoms with Gasteiger partial charge in [0, 0.05) is 110 Å². The lowest BCUT2D eigenvalue weighted by Crippen LogP contribution is -2.40. The molecule has 0 unspecified atom stereocenters. The number of nitrogens with zero attached hydrogens (tertiary/aromatic N) is 3. The lowest BCUT2D eigenvalue weighted by Gasteiger charge is -2.28. The average molecular weight is 1340 g/mol. The van der Waals surface area contributed by atoms with Gasteiger partial charge in [-0.15, -0.1) is 0 Å². The summed E-state index contributed by atoms with van der Waals surface area (Å²) in [6.45, 7) is 20.2. The van der Waals surface area contributed by atoms with E-state index in [2.05, 4.69) is 65.3 Å². The Hall–Kier alpha value is -2.37. The predicted molar refractivity (Wildman–Crippen MR) is 413 cm³/mol. The van der Waals surface area contributed by atoms with Crippen LogP contribution in [-0.4, -0.2) is 123 Å². The molecule has 3 N–H and O–H groups in total. The molecule has 0 radical (unpaired) electrons. The molecule has 95 heavy (non-hydrogen) atoms. The standard InChI is InChI=1S/C84H166N6O5/c1-6-11-16-21-26-31-36-38-43-48-54-61-80(91)63-73-88(75-65-82(93)85-68-56-50-45-40-33-28-23-18-13-8-3)71-59-53-60-72-89(76-66-83(94)86-69-57-51-46-41-34-29-24-19-14-9-4)78-79-90(74-64-81(92)62-55-49-44-39-37-32-27-22-17-12-7-2)77-67-84(95)87-70-58-52-47-42-35-30-25-20-15-10-5/h6-79H2,1-5H3,(H,85,93)(H,86,94)(H,87,95). The molecule has 0 heterocycles. The topological polar surface area (TPSA) is 131 Å². The molecule has 0 bridgehead atoms. The molecule has 0 aromatic carbocycles. The summed E-state index contributed by atoms with van der Waals surface area (Å²) in [5.41, 5.74) is 0. The number of carbonyl (C=O) groups is 5. The molecule has 0 aromatic heterocycles. The van der Waals surface area contributed by atoms with Gasteiger partial charge in [0.05, 0.1) is 0 Å². The van der Waals surface area contributed by atoms with Crippen LogP contribution in [0, 0.1) is 0 Å². The van der Waals surface area contributed by atoms with E-state index in [9.17, 15) is 24.0 Å². The maximum Gasteiger partial charge on any atom is 0.221 e. The Morgan fingerprint density at radius 1 is 0.179 bits per heavy atom. The third kappa shape index (κ3) is 72.7. The molecule has 0 aliphatic rings. The van der Waals surface area contributed by atoms with E-state index in [1.807, 2.05) is 0 Å². The average Bonchev–Trinajstić information content (AvgIpc) is 3.51. The van der Waals surface area contributed by atoms with Gasteiger partial charge in [-0.2, -0.15) is 0 Å². The molecular formula is C84H166N6O5. The second-order valence-electron chi connectivity index (χ2n) is 29.6. The first-order valence-electron chi connectivity index (χ1n) is 42.7. The molecule has 0 fully saturated rings. The van der Waals surface area contributed by atoms with Crippen molar-refractivity contribution in [1.82, 2.24) is 30.7 Å². The number of ketones is 2. The summed E-state index contributed by atoms with van der Waals surface area (Å²) in [6.07, 6.45) is 73.0. The van der Waals surface area contributed by atoms with E-state index in [-0.39, 0.29) is 17.7 Å². The highest BCUT2D eigenvalue weighted by atomic mass is 16.2. The molecule has 11 nitrogen and oxygen atoms in total. The number of hydrogen-bond donors (Lipinski definition) is 3. The van der Waals surface area contributed by atoms with Gasteiger partial charge in [-0.1, -0.05) is 343 Å². The summed E-state index contributed by atoms with van der Waals surface area (Å²) in [4.78, 5) is 73.9. The number of nitrogens with one attached hydrogen (secondary N) is 3. The van der Waals surface area contributed by atoms with E-state index in [0.29, 0.717) is 89.2 Å². The minimum absolute atomic E-state index is 0.0990. The van der Waals surface area contributed by atoms with Crippen LogP contribution >= 0.6 is 0 Å². The summed E-state index contributed by atoms with van der Waals surface area (Å²) in [5, 5.41) is 9.69. The van der Waals surface area contributed by atoms with Crippen LogP contribution in [0.25, 0.3) is 0 Å². The van der Waals surface area contributed by atoms with Gasteiger partial charge in [-0.25, -0.2) is 0 Å². The Kier molecular flexibility index (Phi) is 75.4. The van der Waals surface area contributed by atoms with Crippen LogP contribution in [0.15, 0.2) is 0 Å². The minimum atomic E-state index is 0.0990. The number of hydrogen-bond acceptors (Lipinski definition) is 8. The summed E-state index contributed by atoms with van der Waals surface area (Å²) in [5.74, 6) is 1.03. The Morgan fingerprint density at radius 2 is 0.358 bits per heavy atom. The Morgan fingerprint density at radius 3 is 0.600 bits per heavy atom. The van der Waals surface area contributed by atoms with Gasteiger partial charge >= 0.3 is 0 Å². The van der Waals surface area contributed by atoms with Crippen LogP contribution in [-0.2, 0) is 24.0 Å². The van der Waals surface area contributed by atoms with E-state index in [4.69, 9.17) is 0 Å². The first kappa shape index (κ1) is 92.6. The van der Waals surface area contributed by atoms with Crippen molar-refractivity contribution in [3.8, 4) is 0 Å². The third-order valence-corrected chi connectivity index (χ3v) is 20.2. The van der Waals surface area contributed by atoms with Crippen molar-refractivity contribution in [1.29, 1.82) is 0 Å². The van der Waals surface area contributed by atoms with Crippen LogP contribution in [0.5, 0.6) is 0 Å². The molecule has 0 rings (SSSR count). The van der Waals surface area contributed by atoms with Gasteiger partial charge < -0.3 is 30.7 Å². The summed E-state index contributed by atoms with van der Waals surface area (Å²) < 4.78 is 0. The van der Waals surface area contributed by atoms with Gasteiger partial charge in [-0.3, -0.25) is 24.0 Å². The Balaban J connectivity index is 5.83. The highest BCUT2D eigenvalue weighted by Gasteiger charge is 2.17. The molecule has 3 amide bonds. The molecule has 11 heteroatoms. The zero-order valence-corrected chi connectivity index (χ0v) is 64.7. The van der Waals surface area contributed by atoms with Crippen LogP contribution in [0.2, 0.25) is 0 Å². The van der Waals surface area contributed by atoms with Crippen molar-refractivity contribution < 1.29 is 24.0 Å². The molecular weight excluding hydrogens is 1170 g/mol. The van der Waals surface area contributed by atoms with E-state index < -0.39 is 0 Å². The number of carbonyl (C=O) groups excluding carboxylic acids is 5. The second kappa shape index (κ2) is 77.4. The lowest BCUT2D eigenvalue weighted by atomic mass is 10.0. The molecule has 0 spiro atoms. The zero-order chi connectivity index (χ0) is 69.1. The van der Waals surface area contributed by atoms with Crippen LogP contribution < -0.4 is 16.0 Å². The Bertz CT molecular complexity index is 1550. The van der Waals surface area contributed by atoms with E-state index in [1.165, 1.54) is 276 Å². The van der Waals surface area contributed by atoms with Crippen LogP contribution in [0.3, 0.4) is 0 Å². The van der Waals surface area contributed by atoms with E-state index in [1.54, 1.807) is 0 Å². The van der Waals surface area contributed by atoms with Crippen molar-refractivity contribution in [3.63, 3.8) is 0 Å². The molecule has 0 saturated carbocycles. The first-order chi connectivity index (χ1) is 46.7. The quantitative estimate of drug-likeness (QED) is 0.0513. The molecule has 0 atom stereocenters. The number of Topliss-reactive ketones (excluding diaryl/α,β-unsaturated/α-hetero) is 2. The molecule has 0 aliphatic heterocycles. The van der Waals surface area contributed by atoms with Crippen molar-refractivity contribution in [2.24, 2.45) is 0 Å². The fraction of sp³-hybridized carbons (Fsp3) is 0.940. The lowest BCUT2D eigenvalue weighted by molar-refractivity contribution is -0.122. The van der Waals surface area contributed by atoms with E-state index >= 15 is 0 Å². The first-order valence-corrected chi connectivity index (χ1v) is 42.7. The highest BCUT2D eigenvalue weighted by molar-refractivity contribution is 5.79. The van der Waals surface area contributed by atoms with Crippen molar-refractivity contribution >= 4 is 29.3 Å². The van der Waals surface area contributed by atoms with Crippen LogP contribution in [0.1, 0.15) is 433 Å². The second-order valence-corrected chi connectivity index (χ2v) is 29.6. The fourth-order valence-corrected chi connectivity index (χ4v) is 13.5. The van der Waals surface area contributed by atoms with Crippen molar-refractivity contribution in [2.45, 2.75) is 433 Å². The van der Waals surface area contributed by atoms with Crippen molar-refractivity contribution in [2.75, 3.05) is 78.5 Å². The summed E-state index contributed by atoms with van der Waals surface area (Å²) in [7, 11) is 0. The van der Waals surface area contributed by atoms with Gasteiger partial charge in [-0.05, 0) is 58.0 Å². The molecule has 0 aromatic rings. The van der Waals surface area contributed by atoms with Gasteiger partial charge in [0.15, 0.2) is 0 Å². The molecule has 0 saturated heterocycles. The normalized spacial score (nSPS) is 11.7. The zero-order valence-electron chi connectivity index (χ0n) is 64.7. The maximum absolute atomic E-state index is 13.4. The summed E-state index contributed by atoms with van der Waals surface area (Å²) in [6, 6.07) is 0. The maximum atomic E-state index is 13.4. The van der Waals surface area contributed by atoms with E-state index in [0.717, 1.165) is 123 Å². The van der Waals surface area contributed by atoms with Crippen LogP contribution in [0.4, 0.5) is 0 Å². The van der Waals surface area contributed by atoms with Gasteiger partial charge in [0.1, 0.15) is 11.6 Å². The third-order valence-electron chi connectivity index (χ3n) is 20.2. The minimum Gasteiger partial charge on any atom is -0.356 e. The molecule has 562 valence electrons. The number of rotatable bonds is 81. The van der Waals surface area contributed by atoms with Crippen molar-refractivity contribution in [3.05, 3.63) is 0 Å². The number of amides is 3. The summed E-state index contributed by atoms with van der Waals surface area (Å²) >= 11 is 0. The largest absolute Gasteiger partial charge is 0.356 e. The molecule has 0 aliphatic carbocycles. The SMILES string of the molecule is CCCCCCCCCCCCCC(=O)CCN(CCCCCN(CCC(=O)NCCCCCCCCCCCC)CCN(CCC(=O)CCCCCCCCCCCCC)CCC(=O)NCCCCCCCCCCCC)CCC(=O)NCCCCCCCCCCCC. The monoisotopic (exact) mass is 1340 g/mol. The van der Waals surface area contributed by atoms with Gasteiger partial charge in [0.2, 0.25) is 17.7 Å². The predicted octanol–water partition coefficient (Wildman–Crippen LogP) is 22.7.